The highest BCUT2D eigenvalue weighted by molar-refractivity contribution is 9.10. The van der Waals surface area contributed by atoms with Gasteiger partial charge >= 0.3 is 0 Å². The van der Waals surface area contributed by atoms with Crippen LogP contribution in [0.2, 0.25) is 0 Å². The van der Waals surface area contributed by atoms with Crippen molar-refractivity contribution in [2.45, 2.75) is 13.5 Å². The maximum atomic E-state index is 11.6. The predicted molar refractivity (Wildman–Crippen MR) is 81.6 cm³/mol. The van der Waals surface area contributed by atoms with E-state index in [2.05, 4.69) is 15.9 Å². The van der Waals surface area contributed by atoms with E-state index >= 15 is 0 Å². The lowest BCUT2D eigenvalue weighted by Crippen LogP contribution is -2.02. The van der Waals surface area contributed by atoms with Crippen molar-refractivity contribution in [3.63, 3.8) is 0 Å². The first-order valence-corrected chi connectivity index (χ1v) is 6.94. The quantitative estimate of drug-likeness (QED) is 0.462. The van der Waals surface area contributed by atoms with Crippen LogP contribution in [0.4, 0.5) is 5.69 Å². The van der Waals surface area contributed by atoms with E-state index in [1.807, 2.05) is 0 Å². The zero-order chi connectivity index (χ0) is 15.4. The standard InChI is InChI=1S/C15H12BrNO4/c1-10(18)13-3-2-4-14(16)15(13)21-9-11-5-7-12(8-6-11)17(19)20/h2-8H,9H2,1H3. The van der Waals surface area contributed by atoms with E-state index in [-0.39, 0.29) is 18.1 Å². The fourth-order valence-electron chi connectivity index (χ4n) is 1.80. The fraction of sp³-hybridized carbons (Fsp3) is 0.133. The molecular formula is C15H12BrNO4. The average molecular weight is 350 g/mol. The average Bonchev–Trinajstić information content (AvgIpc) is 2.46. The number of carbonyl (C=O) groups excluding carboxylic acids is 1. The molecule has 0 saturated carbocycles. The van der Waals surface area contributed by atoms with Crippen LogP contribution >= 0.6 is 15.9 Å². The number of para-hydroxylation sites is 1. The van der Waals surface area contributed by atoms with Gasteiger partial charge in [-0.15, -0.1) is 0 Å². The molecule has 0 aromatic heterocycles. The minimum Gasteiger partial charge on any atom is -0.487 e. The Balaban J connectivity index is 2.16. The molecule has 0 amide bonds. The van der Waals surface area contributed by atoms with Crippen molar-refractivity contribution in [1.29, 1.82) is 0 Å². The summed E-state index contributed by atoms with van der Waals surface area (Å²) in [6.07, 6.45) is 0. The third-order valence-electron chi connectivity index (χ3n) is 2.88. The molecule has 0 N–H and O–H groups in total. The Hall–Kier alpha value is -2.21. The molecule has 0 spiro atoms. The first-order chi connectivity index (χ1) is 9.99. The van der Waals surface area contributed by atoms with Gasteiger partial charge in [-0.1, -0.05) is 6.07 Å². The van der Waals surface area contributed by atoms with Crippen LogP contribution in [0, 0.1) is 10.1 Å². The minimum absolute atomic E-state index is 0.0315. The van der Waals surface area contributed by atoms with E-state index in [1.54, 1.807) is 30.3 Å². The van der Waals surface area contributed by atoms with Gasteiger partial charge in [0.2, 0.25) is 0 Å². The molecule has 0 aliphatic carbocycles. The Bertz CT molecular complexity index is 683. The van der Waals surface area contributed by atoms with Crippen LogP contribution in [-0.2, 0) is 6.61 Å². The molecule has 5 nitrogen and oxygen atoms in total. The second-order valence-corrected chi connectivity index (χ2v) is 5.24. The van der Waals surface area contributed by atoms with Crippen molar-refractivity contribution >= 4 is 27.4 Å². The molecule has 0 aliphatic heterocycles. The molecule has 2 aromatic carbocycles. The molecule has 0 unspecified atom stereocenters. The number of non-ortho nitro benzene ring substituents is 1. The third-order valence-corrected chi connectivity index (χ3v) is 3.50. The summed E-state index contributed by atoms with van der Waals surface area (Å²) in [6.45, 7) is 1.70. The topological polar surface area (TPSA) is 69.4 Å². The predicted octanol–water partition coefficient (Wildman–Crippen LogP) is 4.14. The van der Waals surface area contributed by atoms with Gasteiger partial charge in [-0.25, -0.2) is 0 Å². The Morgan fingerprint density at radius 3 is 2.48 bits per heavy atom. The molecule has 2 aromatic rings. The van der Waals surface area contributed by atoms with Gasteiger partial charge < -0.3 is 4.74 Å². The Kier molecular flexibility index (Phi) is 4.70. The molecule has 0 aliphatic rings. The molecule has 0 saturated heterocycles. The molecule has 0 atom stereocenters. The van der Waals surface area contributed by atoms with Crippen molar-refractivity contribution in [3.8, 4) is 5.75 Å². The summed E-state index contributed by atoms with van der Waals surface area (Å²) in [6, 6.07) is 11.3. The number of halogens is 1. The van der Waals surface area contributed by atoms with Crippen LogP contribution in [0.1, 0.15) is 22.8 Å². The highest BCUT2D eigenvalue weighted by Crippen LogP contribution is 2.30. The van der Waals surface area contributed by atoms with Crippen molar-refractivity contribution in [1.82, 2.24) is 0 Å². The molecule has 0 radical (unpaired) electrons. The van der Waals surface area contributed by atoms with Gasteiger partial charge in [-0.2, -0.15) is 0 Å². The maximum Gasteiger partial charge on any atom is 0.269 e. The fourth-order valence-corrected chi connectivity index (χ4v) is 2.28. The molecule has 108 valence electrons. The van der Waals surface area contributed by atoms with E-state index in [1.165, 1.54) is 19.1 Å². The second kappa shape index (κ2) is 6.49. The third kappa shape index (κ3) is 3.66. The molecule has 0 fully saturated rings. The zero-order valence-corrected chi connectivity index (χ0v) is 12.8. The van der Waals surface area contributed by atoms with Gasteiger partial charge in [0, 0.05) is 12.1 Å². The lowest BCUT2D eigenvalue weighted by atomic mass is 10.1. The minimum atomic E-state index is -0.452. The summed E-state index contributed by atoms with van der Waals surface area (Å²) in [5, 5.41) is 10.6. The lowest BCUT2D eigenvalue weighted by molar-refractivity contribution is -0.384. The van der Waals surface area contributed by atoms with Crippen LogP contribution < -0.4 is 4.74 Å². The first kappa shape index (κ1) is 15.2. The highest BCUT2D eigenvalue weighted by atomic mass is 79.9. The Morgan fingerprint density at radius 1 is 1.24 bits per heavy atom. The van der Waals surface area contributed by atoms with Crippen molar-refractivity contribution < 1.29 is 14.5 Å². The molecule has 0 bridgehead atoms. The van der Waals surface area contributed by atoms with Gasteiger partial charge in [0.05, 0.1) is 15.0 Å². The number of nitro groups is 1. The maximum absolute atomic E-state index is 11.6. The van der Waals surface area contributed by atoms with Gasteiger partial charge in [0.25, 0.3) is 5.69 Å². The van der Waals surface area contributed by atoms with Gasteiger partial charge in [-0.3, -0.25) is 14.9 Å². The molecule has 0 heterocycles. The number of carbonyl (C=O) groups is 1. The smallest absolute Gasteiger partial charge is 0.269 e. The number of Topliss-reactive ketones (excluding diaryl/α,β-unsaturated/α-hetero) is 1. The number of ether oxygens (including phenoxy) is 1. The number of hydrogen-bond donors (Lipinski definition) is 0. The lowest BCUT2D eigenvalue weighted by Gasteiger charge is -2.11. The number of ketones is 1. The first-order valence-electron chi connectivity index (χ1n) is 6.14. The normalized spacial score (nSPS) is 10.2. The number of nitrogens with zero attached hydrogens (tertiary/aromatic N) is 1. The van der Waals surface area contributed by atoms with Crippen molar-refractivity contribution in [2.75, 3.05) is 0 Å². The highest BCUT2D eigenvalue weighted by Gasteiger charge is 2.12. The number of benzene rings is 2. The van der Waals surface area contributed by atoms with Crippen LogP contribution in [0.3, 0.4) is 0 Å². The summed E-state index contributed by atoms with van der Waals surface area (Å²) >= 11 is 3.35. The molecular weight excluding hydrogens is 338 g/mol. The SMILES string of the molecule is CC(=O)c1cccc(Br)c1OCc1ccc([N+](=O)[O-])cc1. The second-order valence-electron chi connectivity index (χ2n) is 4.38. The van der Waals surface area contributed by atoms with Crippen LogP contribution in [0.15, 0.2) is 46.9 Å². The van der Waals surface area contributed by atoms with Crippen LogP contribution in [-0.4, -0.2) is 10.7 Å². The van der Waals surface area contributed by atoms with E-state index in [0.717, 1.165) is 5.56 Å². The summed E-state index contributed by atoms with van der Waals surface area (Å²) in [5.74, 6) is 0.387. The van der Waals surface area contributed by atoms with Gasteiger partial charge in [0.1, 0.15) is 12.4 Å². The van der Waals surface area contributed by atoms with Crippen LogP contribution in [0.5, 0.6) is 5.75 Å². The van der Waals surface area contributed by atoms with E-state index < -0.39 is 4.92 Å². The summed E-state index contributed by atoms with van der Waals surface area (Å²) in [4.78, 5) is 21.7. The van der Waals surface area contributed by atoms with Crippen LogP contribution in [0.25, 0.3) is 0 Å². The Morgan fingerprint density at radius 2 is 1.90 bits per heavy atom. The summed E-state index contributed by atoms with van der Waals surface area (Å²) < 4.78 is 6.37. The van der Waals surface area contributed by atoms with Gasteiger partial charge in [0.15, 0.2) is 5.78 Å². The van der Waals surface area contributed by atoms with E-state index in [0.29, 0.717) is 15.8 Å². The van der Waals surface area contributed by atoms with E-state index in [9.17, 15) is 14.9 Å². The summed E-state index contributed by atoms with van der Waals surface area (Å²) in [7, 11) is 0. The van der Waals surface area contributed by atoms with Gasteiger partial charge in [-0.05, 0) is 52.7 Å². The number of hydrogen-bond acceptors (Lipinski definition) is 4. The summed E-state index contributed by atoms with van der Waals surface area (Å²) in [5.41, 5.74) is 1.31. The van der Waals surface area contributed by atoms with E-state index in [4.69, 9.17) is 4.74 Å². The molecule has 2 rings (SSSR count). The number of nitro benzene ring substituents is 1. The molecule has 6 heteroatoms. The molecule has 21 heavy (non-hydrogen) atoms. The van der Waals surface area contributed by atoms with Crippen molar-refractivity contribution in [2.24, 2.45) is 0 Å². The monoisotopic (exact) mass is 349 g/mol. The van der Waals surface area contributed by atoms with Crippen molar-refractivity contribution in [3.05, 3.63) is 68.2 Å². The largest absolute Gasteiger partial charge is 0.487 e. The zero-order valence-electron chi connectivity index (χ0n) is 11.2. The number of rotatable bonds is 5. The Labute approximate surface area is 129 Å².